The van der Waals surface area contributed by atoms with Crippen molar-refractivity contribution in [2.75, 3.05) is 38.0 Å². The molecule has 0 unspecified atom stereocenters. The van der Waals surface area contributed by atoms with Crippen molar-refractivity contribution >= 4 is 29.4 Å². The highest BCUT2D eigenvalue weighted by Gasteiger charge is 2.40. The number of carbonyl (C=O) groups excluding carboxylic acids is 2. The second kappa shape index (κ2) is 11.7. The van der Waals surface area contributed by atoms with Crippen molar-refractivity contribution in [1.82, 2.24) is 15.1 Å². The number of fused-ring (bicyclic) bond motifs is 1. The van der Waals surface area contributed by atoms with Gasteiger partial charge in [0.2, 0.25) is 11.8 Å². The molecule has 1 atom stereocenters. The van der Waals surface area contributed by atoms with Gasteiger partial charge in [0.25, 0.3) is 0 Å². The molecule has 4 rings (SSSR count). The third kappa shape index (κ3) is 5.90. The molecule has 2 heterocycles. The summed E-state index contributed by atoms with van der Waals surface area (Å²) in [6, 6.07) is 11.5. The Labute approximate surface area is 232 Å². The average molecular weight is 555 g/mol. The minimum Gasteiger partial charge on any atom is -0.497 e. The number of nitrogens with one attached hydrogen (secondary N) is 1. The van der Waals surface area contributed by atoms with Crippen molar-refractivity contribution in [2.45, 2.75) is 44.8 Å². The number of ether oxygens (including phenoxy) is 2. The molecule has 0 fully saturated rings. The van der Waals surface area contributed by atoms with Crippen LogP contribution in [0.3, 0.4) is 0 Å². The summed E-state index contributed by atoms with van der Waals surface area (Å²) in [4.78, 5) is 28.2. The molecule has 1 N–H and O–H groups in total. The molecule has 1 aromatic heterocycles. The molecular formula is C29H35FN4O4S. The lowest BCUT2D eigenvalue weighted by atomic mass is 9.87. The van der Waals surface area contributed by atoms with E-state index < -0.39 is 5.41 Å². The molecule has 10 heteroatoms. The Kier molecular flexibility index (Phi) is 8.54. The van der Waals surface area contributed by atoms with E-state index in [2.05, 4.69) is 26.1 Å². The first kappa shape index (κ1) is 28.5. The van der Waals surface area contributed by atoms with E-state index in [1.165, 1.54) is 28.8 Å². The summed E-state index contributed by atoms with van der Waals surface area (Å²) in [6.07, 6.45) is 0.778. The van der Waals surface area contributed by atoms with Crippen molar-refractivity contribution < 1.29 is 23.5 Å². The Morgan fingerprint density at radius 2 is 1.87 bits per heavy atom. The molecule has 2 aromatic carbocycles. The second-order valence-electron chi connectivity index (χ2n) is 10.4. The van der Waals surface area contributed by atoms with Gasteiger partial charge in [-0.25, -0.2) is 9.07 Å². The number of rotatable bonds is 8. The predicted molar refractivity (Wildman–Crippen MR) is 152 cm³/mol. The number of hydrogen-bond donors (Lipinski definition) is 1. The van der Waals surface area contributed by atoms with Crippen molar-refractivity contribution in [3.05, 3.63) is 65.1 Å². The average Bonchev–Trinajstić information content (AvgIpc) is 3.25. The van der Waals surface area contributed by atoms with Crippen LogP contribution in [-0.4, -0.2) is 54.7 Å². The minimum atomic E-state index is -0.427. The lowest BCUT2D eigenvalue weighted by Gasteiger charge is -2.25. The van der Waals surface area contributed by atoms with E-state index in [9.17, 15) is 14.0 Å². The normalized spacial score (nSPS) is 15.5. The Morgan fingerprint density at radius 3 is 2.49 bits per heavy atom. The maximum Gasteiger partial charge on any atom is 0.240 e. The molecule has 0 saturated heterocycles. The van der Waals surface area contributed by atoms with E-state index in [1.807, 2.05) is 25.1 Å². The van der Waals surface area contributed by atoms with Gasteiger partial charge in [-0.05, 0) is 48.9 Å². The van der Waals surface area contributed by atoms with Gasteiger partial charge in [0.15, 0.2) is 0 Å². The number of nitrogens with zero attached hydrogens (tertiary/aromatic N) is 3. The van der Waals surface area contributed by atoms with Crippen LogP contribution >= 0.6 is 11.8 Å². The summed E-state index contributed by atoms with van der Waals surface area (Å²) in [7, 11) is 3.21. The van der Waals surface area contributed by atoms with Gasteiger partial charge in [0.05, 0.1) is 36.6 Å². The summed E-state index contributed by atoms with van der Waals surface area (Å²) in [5, 5.41) is 7.53. The highest BCUT2D eigenvalue weighted by Crippen LogP contribution is 2.50. The van der Waals surface area contributed by atoms with Gasteiger partial charge in [0.1, 0.15) is 29.7 Å². The van der Waals surface area contributed by atoms with Gasteiger partial charge in [-0.2, -0.15) is 5.10 Å². The van der Waals surface area contributed by atoms with Crippen LogP contribution in [0.4, 0.5) is 10.2 Å². The number of anilines is 1. The maximum absolute atomic E-state index is 13.9. The van der Waals surface area contributed by atoms with Gasteiger partial charge in [-0.1, -0.05) is 27.7 Å². The molecule has 0 bridgehead atoms. The summed E-state index contributed by atoms with van der Waals surface area (Å²) in [5.41, 5.74) is 2.55. The number of methoxy groups -OCH3 is 2. The van der Waals surface area contributed by atoms with Crippen molar-refractivity contribution in [2.24, 2.45) is 0 Å². The molecular weight excluding hydrogens is 519 g/mol. The Hall–Kier alpha value is -3.53. The first-order valence-electron chi connectivity index (χ1n) is 12.9. The minimum absolute atomic E-state index is 0.133. The van der Waals surface area contributed by atoms with E-state index in [0.29, 0.717) is 29.5 Å². The molecule has 8 nitrogen and oxygen atoms in total. The van der Waals surface area contributed by atoms with E-state index in [4.69, 9.17) is 14.6 Å². The standard InChI is InChI=1S/C29H35FN4O4S/c1-7-14-31-23(35)16-33-24(36)17-39-26(21-15-20(37-5)12-13-22(21)38-6)25-27(29(2,3)4)32-34(28(25)33)19-10-8-18(30)9-11-19/h8-13,15,26H,7,14,16-17H2,1-6H3,(H,31,35)/t26-/m0/s1. The summed E-state index contributed by atoms with van der Waals surface area (Å²) >= 11 is 1.45. The fourth-order valence-electron chi connectivity index (χ4n) is 4.59. The Balaban J connectivity index is 2.03. The molecule has 0 aliphatic carbocycles. The predicted octanol–water partition coefficient (Wildman–Crippen LogP) is 5.02. The summed E-state index contributed by atoms with van der Waals surface area (Å²) < 4.78 is 26.8. The fourth-order valence-corrected chi connectivity index (χ4v) is 5.80. The number of amides is 2. The molecule has 1 aliphatic rings. The molecule has 0 radical (unpaired) electrons. The molecule has 2 amide bonds. The number of halogens is 1. The molecule has 39 heavy (non-hydrogen) atoms. The SMILES string of the molecule is CCCNC(=O)CN1C(=O)CS[C@@H](c2cc(OC)ccc2OC)c2c(C(C)(C)C)nn(-c3ccc(F)cc3)c21. The third-order valence-corrected chi connectivity index (χ3v) is 7.70. The quantitative estimate of drug-likeness (QED) is 0.421. The van der Waals surface area contributed by atoms with Crippen LogP contribution in [0.2, 0.25) is 0 Å². The van der Waals surface area contributed by atoms with Crippen LogP contribution in [0, 0.1) is 5.82 Å². The number of hydrogen-bond acceptors (Lipinski definition) is 6. The van der Waals surface area contributed by atoms with E-state index in [0.717, 1.165) is 23.2 Å². The largest absolute Gasteiger partial charge is 0.497 e. The van der Waals surface area contributed by atoms with Crippen LogP contribution in [0.5, 0.6) is 11.5 Å². The zero-order chi connectivity index (χ0) is 28.3. The topological polar surface area (TPSA) is 85.7 Å². The van der Waals surface area contributed by atoms with Crippen LogP contribution in [0.1, 0.15) is 56.2 Å². The third-order valence-electron chi connectivity index (χ3n) is 6.46. The lowest BCUT2D eigenvalue weighted by molar-refractivity contribution is -0.122. The first-order chi connectivity index (χ1) is 18.6. The smallest absolute Gasteiger partial charge is 0.240 e. The van der Waals surface area contributed by atoms with Gasteiger partial charge in [0, 0.05) is 23.1 Å². The second-order valence-corrected chi connectivity index (χ2v) is 11.4. The van der Waals surface area contributed by atoms with Gasteiger partial charge >= 0.3 is 0 Å². The Bertz CT molecular complexity index is 1350. The van der Waals surface area contributed by atoms with Crippen molar-refractivity contribution in [1.29, 1.82) is 0 Å². The fraction of sp³-hybridized carbons (Fsp3) is 0.414. The highest BCUT2D eigenvalue weighted by molar-refractivity contribution is 8.00. The monoisotopic (exact) mass is 554 g/mol. The number of aromatic nitrogens is 2. The first-order valence-corrected chi connectivity index (χ1v) is 13.9. The molecule has 0 saturated carbocycles. The van der Waals surface area contributed by atoms with E-state index in [-0.39, 0.29) is 35.2 Å². The number of carbonyl (C=O) groups is 2. The number of benzene rings is 2. The molecule has 208 valence electrons. The molecule has 1 aliphatic heterocycles. The van der Waals surface area contributed by atoms with Crippen LogP contribution in [0.25, 0.3) is 5.69 Å². The van der Waals surface area contributed by atoms with Crippen molar-refractivity contribution in [3.8, 4) is 17.2 Å². The van der Waals surface area contributed by atoms with E-state index in [1.54, 1.807) is 31.0 Å². The Morgan fingerprint density at radius 1 is 1.15 bits per heavy atom. The zero-order valence-electron chi connectivity index (χ0n) is 23.2. The highest BCUT2D eigenvalue weighted by atomic mass is 32.2. The summed E-state index contributed by atoms with van der Waals surface area (Å²) in [5.74, 6) is 1.06. The lowest BCUT2D eigenvalue weighted by Crippen LogP contribution is -2.42. The molecule has 0 spiro atoms. The van der Waals surface area contributed by atoms with Crippen LogP contribution < -0.4 is 19.7 Å². The molecule has 3 aromatic rings. The number of thioether (sulfide) groups is 1. The van der Waals surface area contributed by atoms with Gasteiger partial charge in [-0.15, -0.1) is 11.8 Å². The summed E-state index contributed by atoms with van der Waals surface area (Å²) in [6.45, 7) is 8.49. The van der Waals surface area contributed by atoms with Crippen LogP contribution in [0.15, 0.2) is 42.5 Å². The van der Waals surface area contributed by atoms with E-state index >= 15 is 0 Å². The van der Waals surface area contributed by atoms with Crippen molar-refractivity contribution in [3.63, 3.8) is 0 Å². The van der Waals surface area contributed by atoms with Gasteiger partial charge in [-0.3, -0.25) is 14.5 Å². The van der Waals surface area contributed by atoms with Gasteiger partial charge < -0.3 is 14.8 Å². The maximum atomic E-state index is 13.9. The zero-order valence-corrected chi connectivity index (χ0v) is 24.0. The van der Waals surface area contributed by atoms with Crippen LogP contribution in [-0.2, 0) is 15.0 Å².